The molecule has 4 nitrogen and oxygen atoms in total. The molecular formula is C13H14BrN3O. The molecule has 1 heterocycles. The normalized spacial score (nSPS) is 10.2. The van der Waals surface area contributed by atoms with Gasteiger partial charge >= 0.3 is 0 Å². The highest BCUT2D eigenvalue weighted by molar-refractivity contribution is 9.10. The molecule has 0 aliphatic rings. The van der Waals surface area contributed by atoms with Gasteiger partial charge in [-0.25, -0.2) is 4.98 Å². The van der Waals surface area contributed by atoms with Crippen molar-refractivity contribution in [3.63, 3.8) is 0 Å². The SMILES string of the molecule is COc1cccc(N(C)c2ncc(N)cc2Br)c1. The third-order valence-corrected chi connectivity index (χ3v) is 3.18. The first-order chi connectivity index (χ1) is 8.61. The summed E-state index contributed by atoms with van der Waals surface area (Å²) in [6.45, 7) is 0. The fraction of sp³-hybridized carbons (Fsp3) is 0.154. The van der Waals surface area contributed by atoms with Gasteiger partial charge in [-0.15, -0.1) is 0 Å². The van der Waals surface area contributed by atoms with Crippen LogP contribution in [0.15, 0.2) is 41.0 Å². The maximum atomic E-state index is 5.68. The number of rotatable bonds is 3. The number of methoxy groups -OCH3 is 1. The highest BCUT2D eigenvalue weighted by Crippen LogP contribution is 2.31. The van der Waals surface area contributed by atoms with Crippen molar-refractivity contribution in [1.82, 2.24) is 4.98 Å². The number of nitrogens with zero attached hydrogens (tertiary/aromatic N) is 2. The van der Waals surface area contributed by atoms with Gasteiger partial charge in [-0.2, -0.15) is 0 Å². The molecule has 5 heteroatoms. The summed E-state index contributed by atoms with van der Waals surface area (Å²) in [6.07, 6.45) is 1.64. The van der Waals surface area contributed by atoms with E-state index in [1.807, 2.05) is 42.3 Å². The molecular weight excluding hydrogens is 294 g/mol. The summed E-state index contributed by atoms with van der Waals surface area (Å²) in [7, 11) is 3.59. The van der Waals surface area contributed by atoms with E-state index >= 15 is 0 Å². The van der Waals surface area contributed by atoms with Crippen molar-refractivity contribution >= 4 is 33.1 Å². The van der Waals surface area contributed by atoms with Crippen LogP contribution in [-0.4, -0.2) is 19.1 Å². The first kappa shape index (κ1) is 12.7. The molecule has 0 spiro atoms. The molecule has 2 rings (SSSR count). The topological polar surface area (TPSA) is 51.4 Å². The first-order valence-electron chi connectivity index (χ1n) is 5.40. The van der Waals surface area contributed by atoms with Gasteiger partial charge in [0.2, 0.25) is 0 Å². The lowest BCUT2D eigenvalue weighted by molar-refractivity contribution is 0.415. The van der Waals surface area contributed by atoms with Gasteiger partial charge < -0.3 is 15.4 Å². The first-order valence-corrected chi connectivity index (χ1v) is 6.20. The quantitative estimate of drug-likeness (QED) is 0.946. The maximum absolute atomic E-state index is 5.68. The maximum Gasteiger partial charge on any atom is 0.147 e. The van der Waals surface area contributed by atoms with Crippen LogP contribution in [0.3, 0.4) is 0 Å². The van der Waals surface area contributed by atoms with Crippen molar-refractivity contribution in [2.45, 2.75) is 0 Å². The molecule has 0 bridgehead atoms. The summed E-state index contributed by atoms with van der Waals surface area (Å²) in [5, 5.41) is 0. The van der Waals surface area contributed by atoms with E-state index in [0.717, 1.165) is 21.7 Å². The van der Waals surface area contributed by atoms with E-state index in [-0.39, 0.29) is 0 Å². The zero-order chi connectivity index (χ0) is 13.1. The summed E-state index contributed by atoms with van der Waals surface area (Å²) in [5.74, 6) is 1.61. The van der Waals surface area contributed by atoms with Crippen molar-refractivity contribution < 1.29 is 4.74 Å². The summed E-state index contributed by atoms with van der Waals surface area (Å²) in [5.41, 5.74) is 7.30. The highest BCUT2D eigenvalue weighted by atomic mass is 79.9. The van der Waals surface area contributed by atoms with Gasteiger partial charge in [0.15, 0.2) is 0 Å². The van der Waals surface area contributed by atoms with Crippen LogP contribution in [0.1, 0.15) is 0 Å². The Morgan fingerprint density at radius 1 is 1.33 bits per heavy atom. The molecule has 0 atom stereocenters. The van der Waals surface area contributed by atoms with E-state index in [1.165, 1.54) is 0 Å². The number of nitrogens with two attached hydrogens (primary N) is 1. The zero-order valence-corrected chi connectivity index (χ0v) is 11.8. The molecule has 0 aliphatic carbocycles. The smallest absolute Gasteiger partial charge is 0.147 e. The second-order valence-corrected chi connectivity index (χ2v) is 4.69. The van der Waals surface area contributed by atoms with Gasteiger partial charge in [0.25, 0.3) is 0 Å². The van der Waals surface area contributed by atoms with Crippen molar-refractivity contribution in [1.29, 1.82) is 0 Å². The molecule has 0 amide bonds. The van der Waals surface area contributed by atoms with Crippen LogP contribution < -0.4 is 15.4 Å². The number of nitrogen functional groups attached to an aromatic ring is 1. The molecule has 0 fully saturated rings. The Hall–Kier alpha value is -1.75. The summed E-state index contributed by atoms with van der Waals surface area (Å²) in [6, 6.07) is 9.62. The molecule has 18 heavy (non-hydrogen) atoms. The molecule has 0 unspecified atom stereocenters. The largest absolute Gasteiger partial charge is 0.497 e. The van der Waals surface area contributed by atoms with Gasteiger partial charge in [0.1, 0.15) is 11.6 Å². The highest BCUT2D eigenvalue weighted by Gasteiger charge is 2.10. The number of halogens is 1. The van der Waals surface area contributed by atoms with Gasteiger partial charge in [-0.3, -0.25) is 0 Å². The molecule has 0 aliphatic heterocycles. The summed E-state index contributed by atoms with van der Waals surface area (Å²) in [4.78, 5) is 6.29. The van der Waals surface area contributed by atoms with Gasteiger partial charge in [-0.05, 0) is 34.1 Å². The number of aromatic nitrogens is 1. The molecule has 0 saturated carbocycles. The van der Waals surface area contributed by atoms with E-state index in [4.69, 9.17) is 10.5 Å². The molecule has 0 saturated heterocycles. The predicted octanol–water partition coefficient (Wildman–Crippen LogP) is 3.20. The van der Waals surface area contributed by atoms with Crippen LogP contribution in [0.4, 0.5) is 17.2 Å². The fourth-order valence-corrected chi connectivity index (χ4v) is 2.27. The van der Waals surface area contributed by atoms with Crippen LogP contribution in [-0.2, 0) is 0 Å². The zero-order valence-electron chi connectivity index (χ0n) is 10.2. The van der Waals surface area contributed by atoms with E-state index in [1.54, 1.807) is 13.3 Å². The average Bonchev–Trinajstić information content (AvgIpc) is 2.38. The Morgan fingerprint density at radius 3 is 2.78 bits per heavy atom. The van der Waals surface area contributed by atoms with Crippen LogP contribution in [0.5, 0.6) is 5.75 Å². The van der Waals surface area contributed by atoms with E-state index in [9.17, 15) is 0 Å². The van der Waals surface area contributed by atoms with Crippen molar-refractivity contribution in [3.8, 4) is 5.75 Å². The molecule has 0 radical (unpaired) electrons. The third-order valence-electron chi connectivity index (χ3n) is 2.60. The molecule has 2 N–H and O–H groups in total. The lowest BCUT2D eigenvalue weighted by atomic mass is 10.2. The lowest BCUT2D eigenvalue weighted by Crippen LogP contribution is -2.12. The second kappa shape index (κ2) is 5.27. The second-order valence-electron chi connectivity index (χ2n) is 3.83. The van der Waals surface area contributed by atoms with Crippen molar-refractivity contribution in [2.24, 2.45) is 0 Å². The van der Waals surface area contributed by atoms with Gasteiger partial charge in [0, 0.05) is 18.8 Å². The van der Waals surface area contributed by atoms with Crippen LogP contribution in [0.2, 0.25) is 0 Å². The number of benzene rings is 1. The Morgan fingerprint density at radius 2 is 2.11 bits per heavy atom. The number of hydrogen-bond donors (Lipinski definition) is 1. The average molecular weight is 308 g/mol. The van der Waals surface area contributed by atoms with Crippen molar-refractivity contribution in [3.05, 3.63) is 41.0 Å². The molecule has 2 aromatic rings. The van der Waals surface area contributed by atoms with Crippen LogP contribution >= 0.6 is 15.9 Å². The minimum atomic E-state index is 0.629. The molecule has 94 valence electrons. The molecule has 1 aromatic carbocycles. The van der Waals surface area contributed by atoms with Crippen molar-refractivity contribution in [2.75, 3.05) is 24.8 Å². The Balaban J connectivity index is 2.37. The lowest BCUT2D eigenvalue weighted by Gasteiger charge is -2.20. The van der Waals surface area contributed by atoms with E-state index in [2.05, 4.69) is 20.9 Å². The third kappa shape index (κ3) is 2.56. The van der Waals surface area contributed by atoms with E-state index < -0.39 is 0 Å². The standard InChI is InChI=1S/C13H14BrN3O/c1-17(10-4-3-5-11(7-10)18-2)13-12(14)6-9(15)8-16-13/h3-8H,15H2,1-2H3. The Bertz CT molecular complexity index is 560. The number of anilines is 3. The minimum Gasteiger partial charge on any atom is -0.497 e. The number of pyridine rings is 1. The number of ether oxygens (including phenoxy) is 1. The van der Waals surface area contributed by atoms with E-state index in [0.29, 0.717) is 5.69 Å². The Labute approximate surface area is 115 Å². The van der Waals surface area contributed by atoms with Gasteiger partial charge in [0.05, 0.1) is 23.5 Å². The summed E-state index contributed by atoms with van der Waals surface area (Å²) >= 11 is 3.47. The fourth-order valence-electron chi connectivity index (χ4n) is 1.63. The summed E-state index contributed by atoms with van der Waals surface area (Å²) < 4.78 is 6.07. The van der Waals surface area contributed by atoms with Crippen LogP contribution in [0.25, 0.3) is 0 Å². The monoisotopic (exact) mass is 307 g/mol. The minimum absolute atomic E-state index is 0.629. The predicted molar refractivity (Wildman–Crippen MR) is 77.4 cm³/mol. The van der Waals surface area contributed by atoms with Crippen LogP contribution in [0, 0.1) is 0 Å². The number of hydrogen-bond acceptors (Lipinski definition) is 4. The molecule has 1 aromatic heterocycles. The van der Waals surface area contributed by atoms with Gasteiger partial charge in [-0.1, -0.05) is 6.07 Å². The Kier molecular flexibility index (Phi) is 3.72.